The van der Waals surface area contributed by atoms with E-state index in [2.05, 4.69) is 10.2 Å². The van der Waals surface area contributed by atoms with Crippen LogP contribution >= 0.6 is 0 Å². The van der Waals surface area contributed by atoms with E-state index in [-0.39, 0.29) is 6.03 Å². The zero-order valence-corrected chi connectivity index (χ0v) is 15.1. The number of carbonyl (C=O) groups is 1. The van der Waals surface area contributed by atoms with Crippen LogP contribution in [0.5, 0.6) is 5.75 Å². The number of carbonyl (C=O) groups excluding carboxylic acids is 1. The van der Waals surface area contributed by atoms with Crippen LogP contribution in [-0.4, -0.2) is 68.4 Å². The summed E-state index contributed by atoms with van der Waals surface area (Å²) in [6, 6.07) is 7.84. The van der Waals surface area contributed by atoms with E-state index in [4.69, 9.17) is 9.47 Å². The molecule has 0 aliphatic carbocycles. The lowest BCUT2D eigenvalue weighted by Gasteiger charge is -2.37. The summed E-state index contributed by atoms with van der Waals surface area (Å²) in [5.41, 5.74) is 0.779. The fraction of sp³-hybridized carbons (Fsp3) is 0.632. The normalized spacial score (nSPS) is 21.8. The molecule has 2 heterocycles. The Bertz CT molecular complexity index is 561. The van der Waals surface area contributed by atoms with Crippen molar-refractivity contribution < 1.29 is 14.3 Å². The quantitative estimate of drug-likeness (QED) is 0.890. The third-order valence-corrected chi connectivity index (χ3v) is 5.09. The van der Waals surface area contributed by atoms with Gasteiger partial charge in [-0.3, -0.25) is 4.90 Å². The molecule has 2 saturated heterocycles. The molecule has 1 N–H and O–H groups in total. The van der Waals surface area contributed by atoms with Crippen LogP contribution in [0.3, 0.4) is 0 Å². The Kier molecular flexibility index (Phi) is 6.53. The molecule has 2 aliphatic rings. The van der Waals surface area contributed by atoms with Crippen LogP contribution in [0.4, 0.5) is 10.5 Å². The number of amides is 2. The van der Waals surface area contributed by atoms with Crippen LogP contribution in [0.25, 0.3) is 0 Å². The molecule has 25 heavy (non-hydrogen) atoms. The maximum absolute atomic E-state index is 12.8. The summed E-state index contributed by atoms with van der Waals surface area (Å²) in [5.74, 6) is 0.750. The number of rotatable bonds is 5. The van der Waals surface area contributed by atoms with E-state index < -0.39 is 0 Å². The van der Waals surface area contributed by atoms with Gasteiger partial charge in [-0.25, -0.2) is 4.79 Å². The topological polar surface area (TPSA) is 54.0 Å². The van der Waals surface area contributed by atoms with E-state index in [1.165, 1.54) is 6.42 Å². The van der Waals surface area contributed by atoms with Gasteiger partial charge in [-0.1, -0.05) is 6.07 Å². The van der Waals surface area contributed by atoms with Crippen LogP contribution < -0.4 is 10.1 Å². The number of benzene rings is 1. The number of nitrogens with zero attached hydrogens (tertiary/aromatic N) is 2. The van der Waals surface area contributed by atoms with Crippen molar-refractivity contribution >= 4 is 11.7 Å². The Morgan fingerprint density at radius 1 is 1.28 bits per heavy atom. The number of urea groups is 1. The molecule has 1 aromatic carbocycles. The van der Waals surface area contributed by atoms with E-state index in [0.717, 1.165) is 70.1 Å². The second kappa shape index (κ2) is 9.06. The largest absolute Gasteiger partial charge is 0.497 e. The summed E-state index contributed by atoms with van der Waals surface area (Å²) in [6.07, 6.45) is 4.41. The number of piperidine rings is 1. The molecule has 0 aromatic heterocycles. The average molecular weight is 347 g/mol. The molecule has 138 valence electrons. The monoisotopic (exact) mass is 347 g/mol. The van der Waals surface area contributed by atoms with Crippen LogP contribution in [0.15, 0.2) is 24.3 Å². The molecule has 1 atom stereocenters. The van der Waals surface area contributed by atoms with Crippen molar-refractivity contribution in [3.63, 3.8) is 0 Å². The van der Waals surface area contributed by atoms with Crippen molar-refractivity contribution in [3.05, 3.63) is 24.3 Å². The first-order valence-electron chi connectivity index (χ1n) is 9.28. The van der Waals surface area contributed by atoms with Gasteiger partial charge in [-0.15, -0.1) is 0 Å². The molecular weight excluding hydrogens is 318 g/mol. The number of anilines is 1. The number of ether oxygens (including phenoxy) is 2. The molecule has 0 unspecified atom stereocenters. The number of likely N-dealkylation sites (tertiary alicyclic amines) is 1. The first-order chi connectivity index (χ1) is 12.3. The van der Waals surface area contributed by atoms with Gasteiger partial charge in [0.2, 0.25) is 0 Å². The summed E-state index contributed by atoms with van der Waals surface area (Å²) in [7, 11) is 1.63. The van der Waals surface area contributed by atoms with E-state index >= 15 is 0 Å². The van der Waals surface area contributed by atoms with Gasteiger partial charge in [0.25, 0.3) is 0 Å². The van der Waals surface area contributed by atoms with Gasteiger partial charge in [0, 0.05) is 44.0 Å². The highest BCUT2D eigenvalue weighted by atomic mass is 16.5. The molecule has 2 aliphatic heterocycles. The SMILES string of the molecule is COc1cccc(NC(=O)N2CCCC[C@H]2CCN2CCOCC2)c1. The highest BCUT2D eigenvalue weighted by molar-refractivity contribution is 5.89. The summed E-state index contributed by atoms with van der Waals surface area (Å²) < 4.78 is 10.6. The van der Waals surface area contributed by atoms with Crippen molar-refractivity contribution in [1.82, 2.24) is 9.80 Å². The van der Waals surface area contributed by atoms with Gasteiger partial charge in [0.1, 0.15) is 5.75 Å². The van der Waals surface area contributed by atoms with E-state index in [9.17, 15) is 4.79 Å². The molecule has 6 heteroatoms. The van der Waals surface area contributed by atoms with Gasteiger partial charge in [0.05, 0.1) is 20.3 Å². The summed E-state index contributed by atoms with van der Waals surface area (Å²) in [4.78, 5) is 17.2. The predicted octanol–water partition coefficient (Wildman–Crippen LogP) is 2.80. The average Bonchev–Trinajstić information content (AvgIpc) is 2.67. The van der Waals surface area contributed by atoms with Gasteiger partial charge >= 0.3 is 6.03 Å². The van der Waals surface area contributed by atoms with Crippen LogP contribution in [0, 0.1) is 0 Å². The number of morpholine rings is 1. The van der Waals surface area contributed by atoms with Gasteiger partial charge in [0.15, 0.2) is 0 Å². The molecule has 6 nitrogen and oxygen atoms in total. The zero-order chi connectivity index (χ0) is 17.5. The number of hydrogen-bond donors (Lipinski definition) is 1. The minimum absolute atomic E-state index is 0.0000643. The fourth-order valence-corrected chi connectivity index (χ4v) is 3.62. The van der Waals surface area contributed by atoms with Crippen molar-refractivity contribution in [2.75, 3.05) is 51.8 Å². The molecule has 0 spiro atoms. The Balaban J connectivity index is 1.56. The van der Waals surface area contributed by atoms with Crippen molar-refractivity contribution in [2.24, 2.45) is 0 Å². The fourth-order valence-electron chi connectivity index (χ4n) is 3.62. The lowest BCUT2D eigenvalue weighted by atomic mass is 9.99. The van der Waals surface area contributed by atoms with Crippen LogP contribution in [-0.2, 0) is 4.74 Å². The molecular formula is C19H29N3O3. The Hall–Kier alpha value is -1.79. The molecule has 3 rings (SSSR count). The lowest BCUT2D eigenvalue weighted by Crippen LogP contribution is -2.48. The van der Waals surface area contributed by atoms with Crippen LogP contribution in [0.1, 0.15) is 25.7 Å². The number of hydrogen-bond acceptors (Lipinski definition) is 4. The highest BCUT2D eigenvalue weighted by Crippen LogP contribution is 2.23. The Morgan fingerprint density at radius 2 is 2.12 bits per heavy atom. The molecule has 1 aromatic rings. The first-order valence-corrected chi connectivity index (χ1v) is 9.28. The van der Waals surface area contributed by atoms with Crippen molar-refractivity contribution in [1.29, 1.82) is 0 Å². The van der Waals surface area contributed by atoms with Gasteiger partial charge in [-0.2, -0.15) is 0 Å². The Morgan fingerprint density at radius 3 is 2.92 bits per heavy atom. The number of nitrogens with one attached hydrogen (secondary N) is 1. The van der Waals surface area contributed by atoms with Crippen molar-refractivity contribution in [2.45, 2.75) is 31.7 Å². The Labute approximate surface area is 150 Å². The molecule has 0 saturated carbocycles. The second-order valence-corrected chi connectivity index (χ2v) is 6.75. The zero-order valence-electron chi connectivity index (χ0n) is 15.1. The summed E-state index contributed by atoms with van der Waals surface area (Å²) >= 11 is 0. The third-order valence-electron chi connectivity index (χ3n) is 5.09. The van der Waals surface area contributed by atoms with E-state index in [1.807, 2.05) is 29.2 Å². The third kappa shape index (κ3) is 5.09. The molecule has 2 fully saturated rings. The van der Waals surface area contributed by atoms with E-state index in [0.29, 0.717) is 6.04 Å². The minimum Gasteiger partial charge on any atom is -0.497 e. The summed E-state index contributed by atoms with van der Waals surface area (Å²) in [5, 5.41) is 3.03. The maximum Gasteiger partial charge on any atom is 0.322 e. The molecule has 0 bridgehead atoms. The van der Waals surface area contributed by atoms with Gasteiger partial charge < -0.3 is 19.7 Å². The lowest BCUT2D eigenvalue weighted by molar-refractivity contribution is 0.0329. The second-order valence-electron chi connectivity index (χ2n) is 6.75. The standard InChI is InChI=1S/C19H29N3O3/c1-24-18-7-4-5-16(15-18)20-19(23)22-9-3-2-6-17(22)8-10-21-11-13-25-14-12-21/h4-5,7,15,17H,2-3,6,8-14H2,1H3,(H,20,23)/t17-/m0/s1. The van der Waals surface area contributed by atoms with Crippen molar-refractivity contribution in [3.8, 4) is 5.75 Å². The number of methoxy groups -OCH3 is 1. The minimum atomic E-state index is -0.0000643. The summed E-state index contributed by atoms with van der Waals surface area (Å²) in [6.45, 7) is 5.53. The van der Waals surface area contributed by atoms with Gasteiger partial charge in [-0.05, 0) is 37.8 Å². The predicted molar refractivity (Wildman–Crippen MR) is 98.2 cm³/mol. The maximum atomic E-state index is 12.8. The highest BCUT2D eigenvalue weighted by Gasteiger charge is 2.27. The molecule has 2 amide bonds. The van der Waals surface area contributed by atoms with E-state index in [1.54, 1.807) is 7.11 Å². The smallest absolute Gasteiger partial charge is 0.322 e. The first kappa shape index (κ1) is 18.0. The molecule has 0 radical (unpaired) electrons. The van der Waals surface area contributed by atoms with Crippen LogP contribution in [0.2, 0.25) is 0 Å².